The van der Waals surface area contributed by atoms with Crippen LogP contribution in [0.15, 0.2) is 66.9 Å². The molecule has 0 fully saturated rings. The zero-order chi connectivity index (χ0) is 19.9. The molecule has 0 aliphatic carbocycles. The van der Waals surface area contributed by atoms with E-state index in [1.165, 1.54) is 6.20 Å². The average Bonchev–Trinajstić information content (AvgIpc) is 2.73. The molecule has 2 aromatic carbocycles. The summed E-state index contributed by atoms with van der Waals surface area (Å²) in [5.41, 5.74) is 4.03. The van der Waals surface area contributed by atoms with Gasteiger partial charge in [-0.25, -0.2) is 0 Å². The minimum atomic E-state index is -1.54. The molecule has 0 unspecified atom stereocenters. The number of aromatic nitrogens is 1. The van der Waals surface area contributed by atoms with E-state index in [0.29, 0.717) is 11.2 Å². The number of carbonyl (C=O) groups excluding carboxylic acids is 1. The Labute approximate surface area is 164 Å². The molecular weight excluding hydrogens is 355 g/mol. The summed E-state index contributed by atoms with van der Waals surface area (Å²) in [7, 11) is 0.0939. The largest absolute Gasteiger partial charge is 0.497 e. The van der Waals surface area contributed by atoms with Gasteiger partial charge in [0.1, 0.15) is 5.75 Å². The van der Waals surface area contributed by atoms with Crippen LogP contribution in [0.5, 0.6) is 5.75 Å². The molecule has 0 atom stereocenters. The third kappa shape index (κ3) is 5.19. The van der Waals surface area contributed by atoms with E-state index in [9.17, 15) is 4.79 Å². The molecule has 28 heavy (non-hydrogen) atoms. The molecular formula is C21H21BN2O4. The topological polar surface area (TPSA) is 91.7 Å². The van der Waals surface area contributed by atoms with Gasteiger partial charge in [0.05, 0.1) is 25.8 Å². The van der Waals surface area contributed by atoms with Crippen molar-refractivity contribution in [2.24, 2.45) is 0 Å². The van der Waals surface area contributed by atoms with Gasteiger partial charge in [-0.2, -0.15) is 0 Å². The van der Waals surface area contributed by atoms with Gasteiger partial charge >= 0.3 is 7.12 Å². The van der Waals surface area contributed by atoms with Gasteiger partial charge in [0, 0.05) is 11.7 Å². The van der Waals surface area contributed by atoms with Gasteiger partial charge < -0.3 is 20.1 Å². The van der Waals surface area contributed by atoms with E-state index in [0.717, 1.165) is 22.4 Å². The van der Waals surface area contributed by atoms with Gasteiger partial charge in [-0.1, -0.05) is 42.5 Å². The van der Waals surface area contributed by atoms with E-state index >= 15 is 0 Å². The van der Waals surface area contributed by atoms with Crippen LogP contribution in [0.25, 0.3) is 11.1 Å². The first-order chi connectivity index (χ1) is 13.5. The van der Waals surface area contributed by atoms with Crippen LogP contribution >= 0.6 is 0 Å². The fourth-order valence-corrected chi connectivity index (χ4v) is 2.73. The quantitative estimate of drug-likeness (QED) is 0.541. The average molecular weight is 376 g/mol. The summed E-state index contributed by atoms with van der Waals surface area (Å²) in [4.78, 5) is 16.2. The van der Waals surface area contributed by atoms with Crippen LogP contribution < -0.4 is 15.5 Å². The Morgan fingerprint density at radius 2 is 1.64 bits per heavy atom. The molecule has 0 spiro atoms. The minimum Gasteiger partial charge on any atom is -0.497 e. The van der Waals surface area contributed by atoms with Crippen molar-refractivity contribution in [3.05, 3.63) is 78.1 Å². The molecule has 0 saturated heterocycles. The Balaban J connectivity index is 1.53. The molecule has 0 bridgehead atoms. The van der Waals surface area contributed by atoms with E-state index in [1.54, 1.807) is 19.2 Å². The summed E-state index contributed by atoms with van der Waals surface area (Å²) in [6.07, 6.45) is 1.65. The molecule has 142 valence electrons. The van der Waals surface area contributed by atoms with Crippen molar-refractivity contribution in [3.8, 4) is 16.9 Å². The number of pyridine rings is 1. The summed E-state index contributed by atoms with van der Waals surface area (Å²) < 4.78 is 5.17. The number of benzene rings is 2. The Bertz CT molecular complexity index is 911. The predicted octanol–water partition coefficient (Wildman–Crippen LogP) is 1.30. The first kappa shape index (κ1) is 19.6. The van der Waals surface area contributed by atoms with Crippen LogP contribution in [0.2, 0.25) is 0 Å². The van der Waals surface area contributed by atoms with Crippen molar-refractivity contribution >= 4 is 18.5 Å². The normalized spacial score (nSPS) is 10.4. The lowest BCUT2D eigenvalue weighted by Gasteiger charge is -2.07. The molecule has 3 rings (SSSR count). The third-order valence-electron chi connectivity index (χ3n) is 4.35. The molecule has 1 amide bonds. The van der Waals surface area contributed by atoms with E-state index in [4.69, 9.17) is 14.8 Å². The molecule has 1 aromatic heterocycles. The Morgan fingerprint density at radius 3 is 2.18 bits per heavy atom. The second-order valence-corrected chi connectivity index (χ2v) is 6.34. The first-order valence-electron chi connectivity index (χ1n) is 8.86. The molecule has 3 N–H and O–H groups in total. The SMILES string of the molecule is COc1ccc(-c2ccc(CC(=O)NCc3ccc(B(O)O)cn3)cc2)cc1. The van der Waals surface area contributed by atoms with Crippen LogP contribution in [0.1, 0.15) is 11.3 Å². The predicted molar refractivity (Wildman–Crippen MR) is 108 cm³/mol. The highest BCUT2D eigenvalue weighted by atomic mass is 16.5. The van der Waals surface area contributed by atoms with Crippen LogP contribution in [0, 0.1) is 0 Å². The summed E-state index contributed by atoms with van der Waals surface area (Å²) in [6.45, 7) is 0.282. The van der Waals surface area contributed by atoms with Gasteiger partial charge in [0.2, 0.25) is 5.91 Å². The summed E-state index contributed by atoms with van der Waals surface area (Å²) in [5.74, 6) is 0.707. The zero-order valence-corrected chi connectivity index (χ0v) is 15.5. The van der Waals surface area contributed by atoms with Gasteiger partial charge in [-0.15, -0.1) is 0 Å². The zero-order valence-electron chi connectivity index (χ0n) is 15.5. The number of nitrogens with zero attached hydrogens (tertiary/aromatic N) is 1. The highest BCUT2D eigenvalue weighted by Crippen LogP contribution is 2.22. The van der Waals surface area contributed by atoms with Crippen LogP contribution in [-0.2, 0) is 17.8 Å². The third-order valence-corrected chi connectivity index (χ3v) is 4.35. The van der Waals surface area contributed by atoms with Crippen molar-refractivity contribution in [2.45, 2.75) is 13.0 Å². The number of carbonyl (C=O) groups is 1. The number of ether oxygens (including phenoxy) is 1. The molecule has 3 aromatic rings. The molecule has 6 nitrogen and oxygen atoms in total. The maximum atomic E-state index is 12.2. The van der Waals surface area contributed by atoms with Crippen molar-refractivity contribution in [3.63, 3.8) is 0 Å². The highest BCUT2D eigenvalue weighted by molar-refractivity contribution is 6.58. The van der Waals surface area contributed by atoms with Crippen LogP contribution in [0.3, 0.4) is 0 Å². The summed E-state index contributed by atoms with van der Waals surface area (Å²) in [6, 6.07) is 18.9. The van der Waals surface area contributed by atoms with Crippen molar-refractivity contribution in [1.82, 2.24) is 10.3 Å². The van der Waals surface area contributed by atoms with Crippen molar-refractivity contribution in [1.29, 1.82) is 0 Å². The van der Waals surface area contributed by atoms with E-state index in [1.807, 2.05) is 48.5 Å². The minimum absolute atomic E-state index is 0.106. The lowest BCUT2D eigenvalue weighted by molar-refractivity contribution is -0.120. The van der Waals surface area contributed by atoms with E-state index in [2.05, 4.69) is 10.3 Å². The number of hydrogen-bond acceptors (Lipinski definition) is 5. The van der Waals surface area contributed by atoms with Crippen LogP contribution in [-0.4, -0.2) is 35.2 Å². The fourth-order valence-electron chi connectivity index (χ4n) is 2.73. The smallest absolute Gasteiger partial charge is 0.490 e. The van der Waals surface area contributed by atoms with E-state index in [-0.39, 0.29) is 18.9 Å². The first-order valence-corrected chi connectivity index (χ1v) is 8.86. The Kier molecular flexibility index (Phi) is 6.42. The second kappa shape index (κ2) is 9.17. The van der Waals surface area contributed by atoms with E-state index < -0.39 is 7.12 Å². The molecule has 0 saturated carbocycles. The number of amides is 1. The number of rotatable bonds is 7. The molecule has 0 aliphatic heterocycles. The maximum Gasteiger partial charge on any atom is 0.490 e. The molecule has 0 radical (unpaired) electrons. The Morgan fingerprint density at radius 1 is 1.00 bits per heavy atom. The van der Waals surface area contributed by atoms with Gasteiger partial charge in [-0.3, -0.25) is 9.78 Å². The van der Waals surface area contributed by atoms with Crippen molar-refractivity contribution in [2.75, 3.05) is 7.11 Å². The standard InChI is InChI=1S/C21H21BN2O4/c1-28-20-10-6-17(7-11-20)16-4-2-15(3-5-16)12-21(25)24-14-19-9-8-18(13-23-19)22(26)27/h2-11,13,26-27H,12,14H2,1H3,(H,24,25). The Hall–Kier alpha value is -3.16. The number of hydrogen-bond donors (Lipinski definition) is 3. The maximum absolute atomic E-state index is 12.2. The highest BCUT2D eigenvalue weighted by Gasteiger charge is 2.11. The summed E-state index contributed by atoms with van der Waals surface area (Å²) >= 11 is 0. The number of nitrogens with one attached hydrogen (secondary N) is 1. The lowest BCUT2D eigenvalue weighted by Crippen LogP contribution is -2.31. The molecule has 7 heteroatoms. The van der Waals surface area contributed by atoms with Gasteiger partial charge in [0.25, 0.3) is 0 Å². The second-order valence-electron chi connectivity index (χ2n) is 6.34. The van der Waals surface area contributed by atoms with Gasteiger partial charge in [0.15, 0.2) is 0 Å². The van der Waals surface area contributed by atoms with Crippen molar-refractivity contribution < 1.29 is 19.6 Å². The molecule has 0 aliphatic rings. The lowest BCUT2D eigenvalue weighted by atomic mass is 9.82. The number of methoxy groups -OCH3 is 1. The van der Waals surface area contributed by atoms with Gasteiger partial charge in [-0.05, 0) is 34.9 Å². The van der Waals surface area contributed by atoms with Crippen LogP contribution in [0.4, 0.5) is 0 Å². The monoisotopic (exact) mass is 376 g/mol. The molecule has 1 heterocycles. The summed E-state index contributed by atoms with van der Waals surface area (Å²) in [5, 5.41) is 20.9. The fraction of sp³-hybridized carbons (Fsp3) is 0.143.